The van der Waals surface area contributed by atoms with Gasteiger partial charge in [0.15, 0.2) is 0 Å². The fraction of sp³-hybridized carbons (Fsp3) is 1.00. The van der Waals surface area contributed by atoms with Crippen molar-refractivity contribution in [2.24, 2.45) is 11.8 Å². The fourth-order valence-electron chi connectivity index (χ4n) is 2.07. The van der Waals surface area contributed by atoms with Gasteiger partial charge in [0.2, 0.25) is 0 Å². The molecule has 0 aliphatic carbocycles. The first-order valence-electron chi connectivity index (χ1n) is 4.52. The summed E-state index contributed by atoms with van der Waals surface area (Å²) < 4.78 is 11.3. The predicted octanol–water partition coefficient (Wildman–Crippen LogP) is 1.45. The molecule has 0 aromatic carbocycles. The van der Waals surface area contributed by atoms with Gasteiger partial charge in [0.05, 0.1) is 18.8 Å². The molecule has 2 heterocycles. The highest BCUT2D eigenvalue weighted by molar-refractivity contribution is 4.89. The quantitative estimate of drug-likeness (QED) is 0.572. The van der Waals surface area contributed by atoms with E-state index in [-0.39, 0.29) is 0 Å². The maximum absolute atomic E-state index is 5.63. The van der Waals surface area contributed by atoms with Crippen LogP contribution >= 0.6 is 0 Å². The Morgan fingerprint density at radius 3 is 2.82 bits per heavy atom. The second kappa shape index (κ2) is 2.76. The minimum absolute atomic E-state index is 0.412. The number of fused-ring (bicyclic) bond motifs is 1. The van der Waals surface area contributed by atoms with Gasteiger partial charge in [0.25, 0.3) is 0 Å². The number of rotatable bonds is 1. The highest BCUT2D eigenvalue weighted by atomic mass is 16.6. The molecule has 2 aliphatic heterocycles. The van der Waals surface area contributed by atoms with Crippen molar-refractivity contribution in [1.29, 1.82) is 0 Å². The standard InChI is InChI=1S/C9H16O2/c1-6(2)7-5-11-8-3-4-10-9(7)8/h6-9H,3-5H2,1-2H3/t7-,8+,9+/m1/s1. The Labute approximate surface area is 67.9 Å². The van der Waals surface area contributed by atoms with E-state index in [1.54, 1.807) is 0 Å². The molecule has 2 rings (SSSR count). The van der Waals surface area contributed by atoms with Crippen LogP contribution in [0.3, 0.4) is 0 Å². The lowest BCUT2D eigenvalue weighted by Gasteiger charge is -2.18. The molecule has 2 aliphatic rings. The molecule has 0 spiro atoms. The molecule has 0 aromatic heterocycles. The van der Waals surface area contributed by atoms with Crippen LogP contribution in [0.2, 0.25) is 0 Å². The molecule has 2 heteroatoms. The van der Waals surface area contributed by atoms with Gasteiger partial charge in [-0.05, 0) is 12.3 Å². The third-order valence-corrected chi connectivity index (χ3v) is 2.86. The first-order chi connectivity index (χ1) is 5.29. The molecule has 2 saturated heterocycles. The maximum atomic E-state index is 5.63. The molecule has 11 heavy (non-hydrogen) atoms. The molecular formula is C9H16O2. The maximum Gasteiger partial charge on any atom is 0.0890 e. The molecule has 2 fully saturated rings. The Morgan fingerprint density at radius 2 is 2.09 bits per heavy atom. The Kier molecular flexibility index (Phi) is 1.90. The summed E-state index contributed by atoms with van der Waals surface area (Å²) >= 11 is 0. The van der Waals surface area contributed by atoms with Gasteiger partial charge < -0.3 is 9.47 Å². The first-order valence-corrected chi connectivity index (χ1v) is 4.52. The Hall–Kier alpha value is -0.0800. The van der Waals surface area contributed by atoms with Gasteiger partial charge in [-0.25, -0.2) is 0 Å². The van der Waals surface area contributed by atoms with Crippen molar-refractivity contribution in [3.8, 4) is 0 Å². The lowest BCUT2D eigenvalue weighted by atomic mass is 9.91. The van der Waals surface area contributed by atoms with Crippen LogP contribution in [0.4, 0.5) is 0 Å². The van der Waals surface area contributed by atoms with Crippen LogP contribution in [0.5, 0.6) is 0 Å². The minimum atomic E-state index is 0.412. The van der Waals surface area contributed by atoms with Gasteiger partial charge in [0.1, 0.15) is 0 Å². The van der Waals surface area contributed by atoms with Crippen molar-refractivity contribution in [1.82, 2.24) is 0 Å². The molecule has 64 valence electrons. The summed E-state index contributed by atoms with van der Waals surface area (Å²) in [5, 5.41) is 0. The minimum Gasteiger partial charge on any atom is -0.375 e. The van der Waals surface area contributed by atoms with E-state index in [0.29, 0.717) is 24.0 Å². The van der Waals surface area contributed by atoms with Crippen molar-refractivity contribution in [3.63, 3.8) is 0 Å². The summed E-state index contributed by atoms with van der Waals surface area (Å²) in [5.41, 5.74) is 0. The average Bonchev–Trinajstić information content (AvgIpc) is 2.41. The van der Waals surface area contributed by atoms with Gasteiger partial charge in [-0.3, -0.25) is 0 Å². The van der Waals surface area contributed by atoms with Crippen LogP contribution in [0.1, 0.15) is 20.3 Å². The zero-order valence-electron chi connectivity index (χ0n) is 7.25. The van der Waals surface area contributed by atoms with E-state index in [9.17, 15) is 0 Å². The Balaban J connectivity index is 2.03. The SMILES string of the molecule is CC(C)[C@H]1CO[C@H]2CCO[C@H]21. The molecule has 0 amide bonds. The number of hydrogen-bond donors (Lipinski definition) is 0. The van der Waals surface area contributed by atoms with Gasteiger partial charge in [0, 0.05) is 12.5 Å². The Bertz CT molecular complexity index is 144. The fourth-order valence-corrected chi connectivity index (χ4v) is 2.07. The largest absolute Gasteiger partial charge is 0.375 e. The molecule has 0 saturated carbocycles. The summed E-state index contributed by atoms with van der Waals surface area (Å²) in [6.07, 6.45) is 1.94. The van der Waals surface area contributed by atoms with E-state index in [4.69, 9.17) is 9.47 Å². The molecule has 3 atom stereocenters. The van der Waals surface area contributed by atoms with E-state index in [1.807, 2.05) is 0 Å². The van der Waals surface area contributed by atoms with Gasteiger partial charge >= 0.3 is 0 Å². The van der Waals surface area contributed by atoms with Crippen molar-refractivity contribution in [3.05, 3.63) is 0 Å². The zero-order chi connectivity index (χ0) is 7.84. The average molecular weight is 156 g/mol. The molecule has 0 aromatic rings. The van der Waals surface area contributed by atoms with Crippen LogP contribution in [0.15, 0.2) is 0 Å². The summed E-state index contributed by atoms with van der Waals surface area (Å²) in [5.74, 6) is 1.34. The van der Waals surface area contributed by atoms with Crippen molar-refractivity contribution in [2.45, 2.75) is 32.5 Å². The topological polar surface area (TPSA) is 18.5 Å². The normalized spacial score (nSPS) is 43.4. The Morgan fingerprint density at radius 1 is 1.27 bits per heavy atom. The first kappa shape index (κ1) is 7.56. The number of ether oxygens (including phenoxy) is 2. The van der Waals surface area contributed by atoms with E-state index in [1.165, 1.54) is 0 Å². The summed E-state index contributed by atoms with van der Waals surface area (Å²) in [4.78, 5) is 0. The zero-order valence-corrected chi connectivity index (χ0v) is 7.25. The lowest BCUT2D eigenvalue weighted by molar-refractivity contribution is 0.0551. The van der Waals surface area contributed by atoms with Gasteiger partial charge in [-0.1, -0.05) is 13.8 Å². The second-order valence-electron chi connectivity index (χ2n) is 3.90. The van der Waals surface area contributed by atoms with Crippen LogP contribution < -0.4 is 0 Å². The smallest absolute Gasteiger partial charge is 0.0890 e. The van der Waals surface area contributed by atoms with Crippen molar-refractivity contribution in [2.75, 3.05) is 13.2 Å². The van der Waals surface area contributed by atoms with Crippen molar-refractivity contribution < 1.29 is 9.47 Å². The predicted molar refractivity (Wildman–Crippen MR) is 42.4 cm³/mol. The molecule has 0 radical (unpaired) electrons. The highest BCUT2D eigenvalue weighted by Crippen LogP contribution is 2.34. The summed E-state index contributed by atoms with van der Waals surface area (Å²) in [7, 11) is 0. The second-order valence-corrected chi connectivity index (χ2v) is 3.90. The van der Waals surface area contributed by atoms with Crippen molar-refractivity contribution >= 4 is 0 Å². The third kappa shape index (κ3) is 1.18. The molecular weight excluding hydrogens is 140 g/mol. The van der Waals surface area contributed by atoms with E-state index < -0.39 is 0 Å². The highest BCUT2D eigenvalue weighted by Gasteiger charge is 2.42. The molecule has 0 bridgehead atoms. The van der Waals surface area contributed by atoms with E-state index in [0.717, 1.165) is 19.6 Å². The third-order valence-electron chi connectivity index (χ3n) is 2.86. The molecule has 0 unspecified atom stereocenters. The molecule has 0 N–H and O–H groups in total. The van der Waals surface area contributed by atoms with Gasteiger partial charge in [-0.2, -0.15) is 0 Å². The summed E-state index contributed by atoms with van der Waals surface area (Å²) in [6.45, 7) is 6.31. The number of hydrogen-bond acceptors (Lipinski definition) is 2. The van der Waals surface area contributed by atoms with Crippen LogP contribution in [0.25, 0.3) is 0 Å². The van der Waals surface area contributed by atoms with Crippen LogP contribution in [-0.4, -0.2) is 25.4 Å². The monoisotopic (exact) mass is 156 g/mol. The molecule has 2 nitrogen and oxygen atoms in total. The van der Waals surface area contributed by atoms with E-state index in [2.05, 4.69) is 13.8 Å². The summed E-state index contributed by atoms with van der Waals surface area (Å²) in [6, 6.07) is 0. The lowest BCUT2D eigenvalue weighted by Crippen LogP contribution is -2.26. The van der Waals surface area contributed by atoms with Gasteiger partial charge in [-0.15, -0.1) is 0 Å². The van der Waals surface area contributed by atoms with E-state index >= 15 is 0 Å². The van der Waals surface area contributed by atoms with Crippen LogP contribution in [0, 0.1) is 11.8 Å². The van der Waals surface area contributed by atoms with Crippen LogP contribution in [-0.2, 0) is 9.47 Å².